The first-order valence-corrected chi connectivity index (χ1v) is 22.9. The Hall–Kier alpha value is -1.41. The summed E-state index contributed by atoms with van der Waals surface area (Å²) < 4.78 is 25.3. The number of rotatable bonds is 34. The Bertz CT molecular complexity index is 1030. The molecule has 0 heterocycles. The maximum Gasteiger partial charge on any atom is 0.319 e. The number of benzene rings is 2. The van der Waals surface area contributed by atoms with E-state index in [0.717, 1.165) is 25.7 Å². The summed E-state index contributed by atoms with van der Waals surface area (Å²) in [5.74, 6) is 0. The molecule has 0 bridgehead atoms. The highest BCUT2D eigenvalue weighted by Gasteiger charge is 2.13. The van der Waals surface area contributed by atoms with Crippen LogP contribution >= 0.6 is 8.25 Å². The van der Waals surface area contributed by atoms with Crippen LogP contribution in [-0.2, 0) is 52.5 Å². The minimum absolute atomic E-state index is 0.371. The zero-order valence-corrected chi connectivity index (χ0v) is 34.4. The van der Waals surface area contributed by atoms with E-state index >= 15 is 0 Å². The summed E-state index contributed by atoms with van der Waals surface area (Å²) >= 11 is 0. The van der Waals surface area contributed by atoms with Crippen molar-refractivity contribution in [2.45, 2.75) is 221 Å². The van der Waals surface area contributed by atoms with Gasteiger partial charge in [0, 0.05) is 0 Å². The van der Waals surface area contributed by atoms with E-state index in [-0.39, 0.29) is 0 Å². The summed E-state index contributed by atoms with van der Waals surface area (Å²) in [4.78, 5) is 0. The molecule has 2 rings (SSSR count). The minimum Gasteiger partial charge on any atom is -0.306 e. The maximum absolute atomic E-state index is 13.2. The lowest BCUT2D eigenvalue weighted by Crippen LogP contribution is -2.03. The molecule has 0 aliphatic heterocycles. The molecule has 0 atom stereocenters. The Labute approximate surface area is 311 Å². The molecule has 50 heavy (non-hydrogen) atoms. The number of hydrogen-bond donors (Lipinski definition) is 0. The Balaban J connectivity index is 2.02. The molecule has 4 heteroatoms. The summed E-state index contributed by atoms with van der Waals surface area (Å²) in [6.07, 6.45) is 35.8. The van der Waals surface area contributed by atoms with Gasteiger partial charge < -0.3 is 9.05 Å². The van der Waals surface area contributed by atoms with Crippen LogP contribution in [0.5, 0.6) is 0 Å². The van der Waals surface area contributed by atoms with Crippen molar-refractivity contribution >= 4 is 8.25 Å². The summed E-state index contributed by atoms with van der Waals surface area (Å²) in [5.41, 5.74) is 8.22. The smallest absolute Gasteiger partial charge is 0.306 e. The van der Waals surface area contributed by atoms with Crippen LogP contribution in [0.4, 0.5) is 0 Å². The van der Waals surface area contributed by atoms with E-state index in [0.29, 0.717) is 13.2 Å². The van der Waals surface area contributed by atoms with Gasteiger partial charge in [-0.3, -0.25) is 4.57 Å². The summed E-state index contributed by atoms with van der Waals surface area (Å²) in [7, 11) is -2.62. The Morgan fingerprint density at radius 2 is 0.660 bits per heavy atom. The average Bonchev–Trinajstić information content (AvgIpc) is 3.13. The molecule has 2 aromatic carbocycles. The fraction of sp³-hybridized carbons (Fsp3) is 0.739. The SMILES string of the molecule is CCCCCCCCc1cccc(CO[PH](=O)OCc2cccc(CCCCCCCC)c2CCCCCCCC)c1CCCCCCCC. The van der Waals surface area contributed by atoms with Crippen LogP contribution in [0.25, 0.3) is 0 Å². The van der Waals surface area contributed by atoms with Crippen molar-refractivity contribution in [2.24, 2.45) is 0 Å². The quantitative estimate of drug-likeness (QED) is 0.0536. The highest BCUT2D eigenvalue weighted by atomic mass is 31.1. The molecule has 0 aliphatic rings. The van der Waals surface area contributed by atoms with Crippen molar-refractivity contribution in [1.29, 1.82) is 0 Å². The van der Waals surface area contributed by atoms with Gasteiger partial charge in [-0.1, -0.05) is 193 Å². The lowest BCUT2D eigenvalue weighted by molar-refractivity contribution is 0.212. The first-order chi connectivity index (χ1) is 24.6. The molecule has 0 N–H and O–H groups in total. The monoisotopic (exact) mass is 711 g/mol. The van der Waals surface area contributed by atoms with Crippen LogP contribution in [0.15, 0.2) is 36.4 Å². The van der Waals surface area contributed by atoms with Crippen LogP contribution in [0.3, 0.4) is 0 Å². The van der Waals surface area contributed by atoms with E-state index in [1.165, 1.54) is 187 Å². The molecule has 0 aliphatic carbocycles. The molecule has 0 saturated heterocycles. The molecule has 286 valence electrons. The molecular formula is C46H79O3P. The fourth-order valence-electron chi connectivity index (χ4n) is 7.43. The van der Waals surface area contributed by atoms with Gasteiger partial charge in [0.1, 0.15) is 0 Å². The molecule has 0 aromatic heterocycles. The fourth-order valence-corrected chi connectivity index (χ4v) is 8.06. The van der Waals surface area contributed by atoms with Crippen molar-refractivity contribution in [1.82, 2.24) is 0 Å². The van der Waals surface area contributed by atoms with Crippen LogP contribution in [-0.4, -0.2) is 0 Å². The van der Waals surface area contributed by atoms with E-state index in [1.54, 1.807) is 0 Å². The first-order valence-electron chi connectivity index (χ1n) is 21.6. The van der Waals surface area contributed by atoms with Crippen molar-refractivity contribution in [3.63, 3.8) is 0 Å². The molecule has 0 fully saturated rings. The summed E-state index contributed by atoms with van der Waals surface area (Å²) in [5, 5.41) is 0. The van der Waals surface area contributed by atoms with Gasteiger partial charge >= 0.3 is 8.25 Å². The highest BCUT2D eigenvalue weighted by molar-refractivity contribution is 7.33. The van der Waals surface area contributed by atoms with Crippen LogP contribution in [0, 0.1) is 0 Å². The lowest BCUT2D eigenvalue weighted by Gasteiger charge is -2.17. The number of unbranched alkanes of at least 4 members (excludes halogenated alkanes) is 20. The molecule has 0 radical (unpaired) electrons. The predicted octanol–water partition coefficient (Wildman–Crippen LogP) is 15.4. The number of hydrogen-bond acceptors (Lipinski definition) is 3. The van der Waals surface area contributed by atoms with E-state index in [1.807, 2.05) is 0 Å². The predicted molar refractivity (Wildman–Crippen MR) is 220 cm³/mol. The van der Waals surface area contributed by atoms with Crippen molar-refractivity contribution < 1.29 is 13.6 Å². The van der Waals surface area contributed by atoms with Crippen molar-refractivity contribution in [3.8, 4) is 0 Å². The average molecular weight is 711 g/mol. The van der Waals surface area contributed by atoms with Crippen molar-refractivity contribution in [3.05, 3.63) is 69.8 Å². The maximum atomic E-state index is 13.2. The van der Waals surface area contributed by atoms with Crippen LogP contribution in [0.1, 0.15) is 215 Å². The second-order valence-corrected chi connectivity index (χ2v) is 16.1. The molecule has 2 aromatic rings. The third-order valence-corrected chi connectivity index (χ3v) is 11.4. The standard InChI is InChI=1S/C46H79O3P/c1-5-9-13-17-21-25-31-41-33-29-35-43(45(41)37-27-23-19-15-11-7-3)39-48-50(47)49-40-44-36-30-34-42(32-26-22-18-14-10-6-2)46(44)38-28-24-20-16-12-8-4/h29-30,33-36,50H,5-28,31-32,37-40H2,1-4H3. The van der Waals surface area contributed by atoms with Gasteiger partial charge in [0.2, 0.25) is 0 Å². The molecule has 0 amide bonds. The number of aryl methyl sites for hydroxylation is 2. The Kier molecular flexibility index (Phi) is 27.9. The Morgan fingerprint density at radius 1 is 0.380 bits per heavy atom. The van der Waals surface area contributed by atoms with E-state index < -0.39 is 8.25 Å². The van der Waals surface area contributed by atoms with Crippen molar-refractivity contribution in [2.75, 3.05) is 0 Å². The van der Waals surface area contributed by atoms with Crippen LogP contribution in [0.2, 0.25) is 0 Å². The molecule has 3 nitrogen and oxygen atoms in total. The van der Waals surface area contributed by atoms with E-state index in [4.69, 9.17) is 9.05 Å². The van der Waals surface area contributed by atoms with Gasteiger partial charge in [0.25, 0.3) is 0 Å². The normalized spacial score (nSPS) is 11.6. The second-order valence-electron chi connectivity index (χ2n) is 15.0. The van der Waals surface area contributed by atoms with Gasteiger partial charge in [-0.15, -0.1) is 0 Å². The third-order valence-electron chi connectivity index (χ3n) is 10.6. The van der Waals surface area contributed by atoms with Gasteiger partial charge in [-0.2, -0.15) is 0 Å². The Morgan fingerprint density at radius 3 is 1.00 bits per heavy atom. The summed E-state index contributed by atoms with van der Waals surface area (Å²) in [6, 6.07) is 13.4. The summed E-state index contributed by atoms with van der Waals surface area (Å²) in [6.45, 7) is 9.87. The zero-order valence-electron chi connectivity index (χ0n) is 33.4. The molecule has 0 spiro atoms. The minimum atomic E-state index is -2.62. The zero-order chi connectivity index (χ0) is 35.9. The third kappa shape index (κ3) is 20.6. The van der Waals surface area contributed by atoms with Gasteiger partial charge in [-0.25, -0.2) is 0 Å². The van der Waals surface area contributed by atoms with Gasteiger partial charge in [-0.05, 0) is 84.7 Å². The first kappa shape index (κ1) is 44.7. The molecular weight excluding hydrogens is 631 g/mol. The molecule has 0 saturated carbocycles. The van der Waals surface area contributed by atoms with E-state index in [2.05, 4.69) is 64.1 Å². The highest BCUT2D eigenvalue weighted by Crippen LogP contribution is 2.32. The van der Waals surface area contributed by atoms with Gasteiger partial charge in [0.15, 0.2) is 0 Å². The van der Waals surface area contributed by atoms with E-state index in [9.17, 15) is 4.57 Å². The lowest BCUT2D eigenvalue weighted by atomic mass is 9.92. The largest absolute Gasteiger partial charge is 0.319 e. The van der Waals surface area contributed by atoms with Crippen LogP contribution < -0.4 is 0 Å². The molecule has 0 unspecified atom stereocenters. The topological polar surface area (TPSA) is 35.5 Å². The van der Waals surface area contributed by atoms with Gasteiger partial charge in [0.05, 0.1) is 13.2 Å². The second kappa shape index (κ2) is 31.1.